The van der Waals surface area contributed by atoms with Gasteiger partial charge < -0.3 is 14.4 Å². The standard InChI is InChI=1S/C14H11F2NO4S/c1-5-4-21-12-9(16)7(15)3-6-10(12)17(5)13(22-2)8(11(6)18)14(19)20/h3,5H,4H2,1-2H3,(H,19,20). The van der Waals surface area contributed by atoms with Gasteiger partial charge in [0.25, 0.3) is 0 Å². The first-order chi connectivity index (χ1) is 10.4. The number of nitrogens with zero attached hydrogens (tertiary/aromatic N) is 1. The number of aromatic nitrogens is 1. The Kier molecular flexibility index (Phi) is 3.36. The molecule has 1 aliphatic heterocycles. The summed E-state index contributed by atoms with van der Waals surface area (Å²) in [7, 11) is 0. The van der Waals surface area contributed by atoms with Crippen LogP contribution in [0.1, 0.15) is 23.3 Å². The van der Waals surface area contributed by atoms with Crippen molar-refractivity contribution in [1.82, 2.24) is 4.57 Å². The van der Waals surface area contributed by atoms with Crippen LogP contribution in [0.15, 0.2) is 15.9 Å². The van der Waals surface area contributed by atoms with E-state index in [1.807, 2.05) is 0 Å². The minimum Gasteiger partial charge on any atom is -0.486 e. The van der Waals surface area contributed by atoms with Gasteiger partial charge in [0.15, 0.2) is 11.6 Å². The van der Waals surface area contributed by atoms with Gasteiger partial charge in [0.2, 0.25) is 11.2 Å². The Hall–Kier alpha value is -2.09. The normalized spacial score (nSPS) is 16.6. The van der Waals surface area contributed by atoms with E-state index >= 15 is 0 Å². The van der Waals surface area contributed by atoms with Gasteiger partial charge in [-0.15, -0.1) is 11.8 Å². The quantitative estimate of drug-likeness (QED) is 0.859. The Morgan fingerprint density at radius 3 is 2.77 bits per heavy atom. The van der Waals surface area contributed by atoms with Gasteiger partial charge in [0, 0.05) is 0 Å². The molecule has 0 fully saturated rings. The molecule has 1 unspecified atom stereocenters. The molecule has 0 spiro atoms. The first kappa shape index (κ1) is 14.8. The Labute approximate surface area is 127 Å². The number of carboxylic acid groups (broad SMARTS) is 1. The van der Waals surface area contributed by atoms with Gasteiger partial charge in [-0.05, 0) is 19.2 Å². The first-order valence-corrected chi connectivity index (χ1v) is 7.61. The number of rotatable bonds is 2. The van der Waals surface area contributed by atoms with E-state index in [2.05, 4.69) is 0 Å². The van der Waals surface area contributed by atoms with E-state index in [0.717, 1.165) is 17.8 Å². The number of carbonyl (C=O) groups is 1. The van der Waals surface area contributed by atoms with Gasteiger partial charge in [-0.3, -0.25) is 4.79 Å². The average Bonchev–Trinajstić information content (AvgIpc) is 2.47. The topological polar surface area (TPSA) is 68.5 Å². The zero-order chi connectivity index (χ0) is 16.2. The lowest BCUT2D eigenvalue weighted by atomic mass is 10.1. The third-order valence-electron chi connectivity index (χ3n) is 3.61. The van der Waals surface area contributed by atoms with Crippen molar-refractivity contribution in [2.75, 3.05) is 12.9 Å². The zero-order valence-corrected chi connectivity index (χ0v) is 12.5. The van der Waals surface area contributed by atoms with Crippen molar-refractivity contribution in [1.29, 1.82) is 0 Å². The smallest absolute Gasteiger partial charge is 0.342 e. The molecule has 1 N–H and O–H groups in total. The molecule has 0 saturated carbocycles. The summed E-state index contributed by atoms with van der Waals surface area (Å²) >= 11 is 1.07. The average molecular weight is 327 g/mol. The second-order valence-corrected chi connectivity index (χ2v) is 5.74. The summed E-state index contributed by atoms with van der Waals surface area (Å²) in [5.74, 6) is -4.17. The Morgan fingerprint density at radius 2 is 2.18 bits per heavy atom. The number of thioether (sulfide) groups is 1. The maximum atomic E-state index is 14.0. The fraction of sp³-hybridized carbons (Fsp3) is 0.286. The summed E-state index contributed by atoms with van der Waals surface area (Å²) in [4.78, 5) is 23.9. The van der Waals surface area contributed by atoms with Gasteiger partial charge in [-0.25, -0.2) is 9.18 Å². The fourth-order valence-corrected chi connectivity index (χ4v) is 3.53. The van der Waals surface area contributed by atoms with E-state index in [9.17, 15) is 23.5 Å². The molecule has 1 aromatic heterocycles. The van der Waals surface area contributed by atoms with Crippen LogP contribution in [0.3, 0.4) is 0 Å². The number of aromatic carboxylic acids is 1. The maximum absolute atomic E-state index is 14.0. The molecule has 2 aromatic rings. The van der Waals surface area contributed by atoms with Crippen molar-refractivity contribution in [2.24, 2.45) is 0 Å². The van der Waals surface area contributed by atoms with Gasteiger partial charge >= 0.3 is 5.97 Å². The molecule has 0 radical (unpaired) electrons. The molecule has 5 nitrogen and oxygen atoms in total. The van der Waals surface area contributed by atoms with Crippen LogP contribution in [0, 0.1) is 11.6 Å². The number of hydrogen-bond donors (Lipinski definition) is 1. The number of hydrogen-bond acceptors (Lipinski definition) is 4. The van der Waals surface area contributed by atoms with E-state index < -0.39 is 28.6 Å². The molecule has 0 bridgehead atoms. The Balaban J connectivity index is 2.65. The molecule has 2 heterocycles. The summed E-state index contributed by atoms with van der Waals surface area (Å²) in [6, 6.07) is 0.409. The third-order valence-corrected chi connectivity index (χ3v) is 4.40. The van der Waals surface area contributed by atoms with Crippen LogP contribution in [0.2, 0.25) is 0 Å². The van der Waals surface area contributed by atoms with Crippen molar-refractivity contribution in [3.05, 3.63) is 33.5 Å². The summed E-state index contributed by atoms with van der Waals surface area (Å²) in [6.07, 6.45) is 1.62. The predicted molar refractivity (Wildman–Crippen MR) is 77.1 cm³/mol. The molecule has 3 rings (SSSR count). The highest BCUT2D eigenvalue weighted by molar-refractivity contribution is 7.98. The summed E-state index contributed by atoms with van der Waals surface area (Å²) in [5.41, 5.74) is -1.19. The lowest BCUT2D eigenvalue weighted by Gasteiger charge is -2.29. The van der Waals surface area contributed by atoms with Crippen LogP contribution in [0.25, 0.3) is 10.9 Å². The van der Waals surface area contributed by atoms with Crippen LogP contribution >= 0.6 is 11.8 Å². The van der Waals surface area contributed by atoms with Crippen LogP contribution in [-0.4, -0.2) is 28.5 Å². The summed E-state index contributed by atoms with van der Waals surface area (Å²) < 4.78 is 34.4. The molecule has 22 heavy (non-hydrogen) atoms. The molecular weight excluding hydrogens is 316 g/mol. The minimum absolute atomic E-state index is 0.0535. The molecule has 116 valence electrons. The van der Waals surface area contributed by atoms with E-state index in [1.54, 1.807) is 13.2 Å². The number of halogens is 2. The minimum atomic E-state index is -1.40. The monoisotopic (exact) mass is 327 g/mol. The second kappa shape index (κ2) is 4.98. The Bertz CT molecular complexity index is 878. The zero-order valence-electron chi connectivity index (χ0n) is 11.6. The third kappa shape index (κ3) is 1.83. The summed E-state index contributed by atoms with van der Waals surface area (Å²) in [6.45, 7) is 1.80. The van der Waals surface area contributed by atoms with Crippen LogP contribution in [-0.2, 0) is 0 Å². The van der Waals surface area contributed by atoms with Gasteiger partial charge in [0.1, 0.15) is 12.2 Å². The first-order valence-electron chi connectivity index (χ1n) is 6.38. The lowest BCUT2D eigenvalue weighted by Crippen LogP contribution is -2.29. The van der Waals surface area contributed by atoms with Gasteiger partial charge in [0.05, 0.1) is 22.0 Å². The van der Waals surface area contributed by atoms with E-state index in [0.29, 0.717) is 0 Å². The molecule has 1 aliphatic rings. The second-order valence-electron chi connectivity index (χ2n) is 4.95. The number of ether oxygens (including phenoxy) is 1. The summed E-state index contributed by atoms with van der Waals surface area (Å²) in [5, 5.41) is 9.33. The van der Waals surface area contributed by atoms with Gasteiger partial charge in [-0.2, -0.15) is 4.39 Å². The van der Waals surface area contributed by atoms with Crippen molar-refractivity contribution < 1.29 is 23.4 Å². The van der Waals surface area contributed by atoms with E-state index in [1.165, 1.54) is 4.57 Å². The molecule has 1 aromatic carbocycles. The predicted octanol–water partition coefficient (Wildman–Crippen LogP) is 2.65. The number of carboxylic acids is 1. The highest BCUT2D eigenvalue weighted by Crippen LogP contribution is 2.38. The molecule has 0 aliphatic carbocycles. The molecule has 1 atom stereocenters. The van der Waals surface area contributed by atoms with Crippen LogP contribution < -0.4 is 10.2 Å². The van der Waals surface area contributed by atoms with Crippen molar-refractivity contribution >= 4 is 28.6 Å². The highest BCUT2D eigenvalue weighted by atomic mass is 32.2. The largest absolute Gasteiger partial charge is 0.486 e. The number of benzene rings is 1. The molecule has 0 saturated heterocycles. The van der Waals surface area contributed by atoms with Crippen LogP contribution in [0.5, 0.6) is 5.75 Å². The maximum Gasteiger partial charge on any atom is 0.342 e. The number of pyridine rings is 1. The van der Waals surface area contributed by atoms with Crippen LogP contribution in [0.4, 0.5) is 8.78 Å². The van der Waals surface area contributed by atoms with Gasteiger partial charge in [-0.1, -0.05) is 0 Å². The van der Waals surface area contributed by atoms with E-state index in [-0.39, 0.29) is 34.3 Å². The fourth-order valence-electron chi connectivity index (χ4n) is 2.68. The SMILES string of the molecule is CSc1c(C(=O)O)c(=O)c2cc(F)c(F)c3c2n1C(C)CO3. The van der Waals surface area contributed by atoms with Crippen molar-refractivity contribution in [2.45, 2.75) is 18.0 Å². The Morgan fingerprint density at radius 1 is 1.50 bits per heavy atom. The van der Waals surface area contributed by atoms with E-state index in [4.69, 9.17) is 4.74 Å². The molecule has 0 amide bonds. The molecule has 8 heteroatoms. The van der Waals surface area contributed by atoms with Crippen molar-refractivity contribution in [3.8, 4) is 5.75 Å². The highest BCUT2D eigenvalue weighted by Gasteiger charge is 2.31. The van der Waals surface area contributed by atoms with Crippen molar-refractivity contribution in [3.63, 3.8) is 0 Å². The molecular formula is C14H11F2NO4S. The lowest BCUT2D eigenvalue weighted by molar-refractivity contribution is 0.0689.